The molecule has 4 heteroatoms. The lowest BCUT2D eigenvalue weighted by atomic mass is 10.1. The van der Waals surface area contributed by atoms with Crippen molar-refractivity contribution in [2.75, 3.05) is 0 Å². The van der Waals surface area contributed by atoms with Crippen LogP contribution in [-0.4, -0.2) is 16.1 Å². The molecule has 0 fully saturated rings. The summed E-state index contributed by atoms with van der Waals surface area (Å²) < 4.78 is 0. The van der Waals surface area contributed by atoms with Crippen LogP contribution in [0.15, 0.2) is 23.9 Å². The van der Waals surface area contributed by atoms with Crippen molar-refractivity contribution in [1.29, 1.82) is 0 Å². The molecule has 0 heterocycles. The zero-order valence-corrected chi connectivity index (χ0v) is 6.52. The lowest BCUT2D eigenvalue weighted by Crippen LogP contribution is -2.20. The van der Waals surface area contributed by atoms with Gasteiger partial charge in [-0.15, -0.1) is 0 Å². The monoisotopic (exact) mass is 169 g/mol. The first-order valence-corrected chi connectivity index (χ1v) is 3.50. The van der Waals surface area contributed by atoms with Crippen molar-refractivity contribution in [2.45, 2.75) is 6.42 Å². The highest BCUT2D eigenvalue weighted by Crippen LogP contribution is 2.04. The molecule has 0 unspecified atom stereocenters. The predicted molar refractivity (Wildman–Crippen MR) is 45.6 cm³/mol. The molecule has 2 N–H and O–H groups in total. The summed E-state index contributed by atoms with van der Waals surface area (Å²) in [5, 5.41) is 10.5. The van der Waals surface area contributed by atoms with Crippen LogP contribution in [0.4, 0.5) is 4.79 Å². The topological polar surface area (TPSA) is 49.3 Å². The molecular formula is C7H7NO2S. The molecule has 0 atom stereocenters. The molecule has 0 aromatic rings. The summed E-state index contributed by atoms with van der Waals surface area (Å²) in [5.41, 5.74) is 0.536. The van der Waals surface area contributed by atoms with Gasteiger partial charge in [0.05, 0.1) is 0 Å². The third-order valence-electron chi connectivity index (χ3n) is 1.18. The lowest BCUT2D eigenvalue weighted by Gasteiger charge is -2.05. The fourth-order valence-corrected chi connectivity index (χ4v) is 1.01. The van der Waals surface area contributed by atoms with Gasteiger partial charge in [0.25, 0.3) is 0 Å². The standard InChI is InChI=1S/C7H7NO2S/c9-7(10)8-5-2-1-3-6(11)4-5/h1-2,4,8H,3H2,(H,9,10). The molecule has 1 rings (SSSR count). The van der Waals surface area contributed by atoms with Crippen LogP contribution in [0.1, 0.15) is 6.42 Å². The Hall–Kier alpha value is -1.16. The molecule has 0 saturated carbocycles. The van der Waals surface area contributed by atoms with Crippen molar-refractivity contribution in [3.63, 3.8) is 0 Å². The summed E-state index contributed by atoms with van der Waals surface area (Å²) in [7, 11) is 0. The third kappa shape index (κ3) is 2.51. The maximum absolute atomic E-state index is 10.1. The smallest absolute Gasteiger partial charge is 0.409 e. The minimum Gasteiger partial charge on any atom is -0.465 e. The molecule has 1 aliphatic carbocycles. The van der Waals surface area contributed by atoms with Crippen LogP contribution in [0.25, 0.3) is 0 Å². The molecule has 0 spiro atoms. The van der Waals surface area contributed by atoms with E-state index in [1.54, 1.807) is 12.2 Å². The largest absolute Gasteiger partial charge is 0.465 e. The fourth-order valence-electron chi connectivity index (χ4n) is 0.784. The fraction of sp³-hybridized carbons (Fsp3) is 0.143. The second kappa shape index (κ2) is 3.30. The minimum absolute atomic E-state index is 0.536. The molecule has 0 aromatic carbocycles. The molecule has 0 bridgehead atoms. The van der Waals surface area contributed by atoms with Crippen LogP contribution >= 0.6 is 12.2 Å². The van der Waals surface area contributed by atoms with Gasteiger partial charge in [0.15, 0.2) is 0 Å². The number of carboxylic acid groups (broad SMARTS) is 1. The zero-order valence-electron chi connectivity index (χ0n) is 5.70. The summed E-state index contributed by atoms with van der Waals surface area (Å²) in [6.07, 6.45) is 4.83. The normalized spacial score (nSPS) is 16.0. The maximum Gasteiger partial charge on any atom is 0.409 e. The Morgan fingerprint density at radius 3 is 3.00 bits per heavy atom. The van der Waals surface area contributed by atoms with Gasteiger partial charge in [0, 0.05) is 17.0 Å². The summed E-state index contributed by atoms with van der Waals surface area (Å²) >= 11 is 4.88. The van der Waals surface area contributed by atoms with Gasteiger partial charge in [-0.25, -0.2) is 4.79 Å². The van der Waals surface area contributed by atoms with Gasteiger partial charge in [0.1, 0.15) is 0 Å². The van der Waals surface area contributed by atoms with E-state index in [0.29, 0.717) is 5.70 Å². The first-order chi connectivity index (χ1) is 5.18. The van der Waals surface area contributed by atoms with Gasteiger partial charge in [-0.05, 0) is 12.2 Å². The SMILES string of the molecule is O=C(O)NC1=CC(=S)CC=C1. The van der Waals surface area contributed by atoms with Crippen molar-refractivity contribution in [1.82, 2.24) is 5.32 Å². The zero-order chi connectivity index (χ0) is 8.27. The number of nitrogens with one attached hydrogen (secondary N) is 1. The highest BCUT2D eigenvalue weighted by atomic mass is 32.1. The Labute approximate surface area is 69.4 Å². The van der Waals surface area contributed by atoms with Crippen LogP contribution in [0, 0.1) is 0 Å². The first-order valence-electron chi connectivity index (χ1n) is 3.09. The summed E-state index contributed by atoms with van der Waals surface area (Å²) in [6, 6.07) is 0. The maximum atomic E-state index is 10.1. The quantitative estimate of drug-likeness (QED) is 0.584. The van der Waals surface area contributed by atoms with Crippen molar-refractivity contribution in [3.8, 4) is 0 Å². The molecule has 1 amide bonds. The third-order valence-corrected chi connectivity index (χ3v) is 1.47. The van der Waals surface area contributed by atoms with E-state index in [4.69, 9.17) is 17.3 Å². The number of hydrogen-bond donors (Lipinski definition) is 2. The van der Waals surface area contributed by atoms with E-state index >= 15 is 0 Å². The van der Waals surface area contributed by atoms with Crippen molar-refractivity contribution in [2.24, 2.45) is 0 Å². The summed E-state index contributed by atoms with van der Waals surface area (Å²) in [5.74, 6) is 0. The number of hydrogen-bond acceptors (Lipinski definition) is 2. The van der Waals surface area contributed by atoms with Crippen molar-refractivity contribution < 1.29 is 9.90 Å². The van der Waals surface area contributed by atoms with E-state index in [-0.39, 0.29) is 0 Å². The number of allylic oxidation sites excluding steroid dienone is 3. The van der Waals surface area contributed by atoms with Gasteiger partial charge >= 0.3 is 6.09 Å². The van der Waals surface area contributed by atoms with E-state index in [1.807, 2.05) is 6.08 Å². The lowest BCUT2D eigenvalue weighted by molar-refractivity contribution is 0.198. The second-order valence-corrected chi connectivity index (χ2v) is 2.63. The second-order valence-electron chi connectivity index (χ2n) is 2.10. The van der Waals surface area contributed by atoms with Crippen LogP contribution < -0.4 is 5.32 Å². The van der Waals surface area contributed by atoms with Crippen molar-refractivity contribution >= 4 is 23.2 Å². The molecule has 0 radical (unpaired) electrons. The molecule has 0 saturated heterocycles. The average molecular weight is 169 g/mol. The van der Waals surface area contributed by atoms with Crippen LogP contribution in [0.2, 0.25) is 0 Å². The van der Waals surface area contributed by atoms with E-state index in [1.165, 1.54) is 0 Å². The number of thiocarbonyl (C=S) groups is 1. The Bertz CT molecular complexity index is 255. The molecule has 3 nitrogen and oxygen atoms in total. The van der Waals surface area contributed by atoms with Crippen LogP contribution in [0.3, 0.4) is 0 Å². The number of rotatable bonds is 1. The summed E-state index contributed by atoms with van der Waals surface area (Å²) in [6.45, 7) is 0. The Balaban J connectivity index is 2.64. The van der Waals surface area contributed by atoms with Gasteiger partial charge in [0.2, 0.25) is 0 Å². The average Bonchev–Trinajstić information content (AvgIpc) is 1.85. The Morgan fingerprint density at radius 2 is 2.45 bits per heavy atom. The Morgan fingerprint density at radius 1 is 1.73 bits per heavy atom. The number of carbonyl (C=O) groups is 1. The first kappa shape index (κ1) is 7.94. The van der Waals surface area contributed by atoms with E-state index in [2.05, 4.69) is 5.32 Å². The summed E-state index contributed by atoms with van der Waals surface area (Å²) in [4.78, 5) is 10.9. The van der Waals surface area contributed by atoms with Gasteiger partial charge in [-0.2, -0.15) is 0 Å². The van der Waals surface area contributed by atoms with E-state index in [0.717, 1.165) is 11.3 Å². The highest BCUT2D eigenvalue weighted by Gasteiger charge is 2.02. The van der Waals surface area contributed by atoms with Gasteiger partial charge in [-0.1, -0.05) is 18.3 Å². The van der Waals surface area contributed by atoms with E-state index in [9.17, 15) is 4.79 Å². The molecule has 0 aromatic heterocycles. The molecular weight excluding hydrogens is 162 g/mol. The van der Waals surface area contributed by atoms with Gasteiger partial charge < -0.3 is 5.11 Å². The van der Waals surface area contributed by atoms with Crippen molar-refractivity contribution in [3.05, 3.63) is 23.9 Å². The minimum atomic E-state index is -1.06. The molecule has 0 aliphatic heterocycles. The molecule has 11 heavy (non-hydrogen) atoms. The predicted octanol–water partition coefficient (Wildman–Crippen LogP) is 1.47. The van der Waals surface area contributed by atoms with Crippen LogP contribution in [-0.2, 0) is 0 Å². The molecule has 1 aliphatic rings. The number of amides is 1. The van der Waals surface area contributed by atoms with Crippen LogP contribution in [0.5, 0.6) is 0 Å². The Kier molecular flexibility index (Phi) is 2.38. The van der Waals surface area contributed by atoms with E-state index < -0.39 is 6.09 Å². The molecule has 58 valence electrons. The highest BCUT2D eigenvalue weighted by molar-refractivity contribution is 7.80. The van der Waals surface area contributed by atoms with Gasteiger partial charge in [-0.3, -0.25) is 5.32 Å².